The number of aryl methyl sites for hydroxylation is 1. The first kappa shape index (κ1) is 21.4. The first-order valence-electron chi connectivity index (χ1n) is 9.10. The second kappa shape index (κ2) is 9.49. The van der Waals surface area contributed by atoms with Crippen LogP contribution in [0.1, 0.15) is 16.7 Å². The van der Waals surface area contributed by atoms with E-state index in [0.29, 0.717) is 22.0 Å². The monoisotopic (exact) mass is 427 g/mol. The molecule has 156 valence electrons. The molecule has 0 unspecified atom stereocenters. The fraction of sp³-hybridized carbons (Fsp3) is 0.227. The number of rotatable bonds is 7. The number of carbonyl (C=O) groups is 3. The van der Waals surface area contributed by atoms with Crippen LogP contribution in [0.2, 0.25) is 0 Å². The van der Waals surface area contributed by atoms with Crippen LogP contribution in [0.15, 0.2) is 47.4 Å². The summed E-state index contributed by atoms with van der Waals surface area (Å²) in [7, 11) is 2.75. The molecule has 0 aliphatic carbocycles. The zero-order valence-electron chi connectivity index (χ0n) is 16.8. The van der Waals surface area contributed by atoms with Crippen LogP contribution >= 0.6 is 11.8 Å². The third-order valence-corrected chi connectivity index (χ3v) is 5.30. The minimum absolute atomic E-state index is 0.228. The van der Waals surface area contributed by atoms with E-state index in [1.165, 1.54) is 19.1 Å². The maximum atomic E-state index is 12.7. The molecule has 0 aromatic heterocycles. The largest absolute Gasteiger partial charge is 0.493 e. The molecule has 1 saturated heterocycles. The summed E-state index contributed by atoms with van der Waals surface area (Å²) >= 11 is 0.899. The van der Waals surface area contributed by atoms with Crippen LogP contribution in [-0.2, 0) is 20.9 Å². The van der Waals surface area contributed by atoms with Crippen LogP contribution in [0.3, 0.4) is 0 Å². The van der Waals surface area contributed by atoms with Gasteiger partial charge in [-0.05, 0) is 48.0 Å². The van der Waals surface area contributed by atoms with E-state index in [1.807, 2.05) is 31.2 Å². The van der Waals surface area contributed by atoms with E-state index in [0.717, 1.165) is 22.9 Å². The van der Waals surface area contributed by atoms with Gasteiger partial charge in [0.2, 0.25) is 0 Å². The highest BCUT2D eigenvalue weighted by molar-refractivity contribution is 8.18. The van der Waals surface area contributed by atoms with Gasteiger partial charge in [0, 0.05) is 0 Å². The van der Waals surface area contributed by atoms with Crippen LogP contribution in [0.4, 0.5) is 4.79 Å². The Kier molecular flexibility index (Phi) is 6.79. The van der Waals surface area contributed by atoms with Crippen molar-refractivity contribution in [2.24, 2.45) is 0 Å². The summed E-state index contributed by atoms with van der Waals surface area (Å²) in [6, 6.07) is 12.7. The van der Waals surface area contributed by atoms with Gasteiger partial charge in [0.15, 0.2) is 18.1 Å². The van der Waals surface area contributed by atoms with Gasteiger partial charge in [-0.2, -0.15) is 0 Å². The van der Waals surface area contributed by atoms with Crippen LogP contribution in [0.25, 0.3) is 6.08 Å². The molecule has 0 N–H and O–H groups in total. The molecular formula is C22H21NO6S. The Hall–Kier alpha value is -3.26. The minimum Gasteiger partial charge on any atom is -0.493 e. The van der Waals surface area contributed by atoms with Gasteiger partial charge < -0.3 is 14.2 Å². The Morgan fingerprint density at radius 3 is 2.47 bits per heavy atom. The molecule has 1 aliphatic heterocycles. The van der Waals surface area contributed by atoms with Crippen LogP contribution in [-0.4, -0.2) is 42.8 Å². The van der Waals surface area contributed by atoms with Gasteiger partial charge in [0.05, 0.1) is 25.7 Å². The van der Waals surface area contributed by atoms with Crippen molar-refractivity contribution in [2.75, 3.05) is 20.8 Å². The lowest BCUT2D eigenvalue weighted by Gasteiger charge is -2.12. The van der Waals surface area contributed by atoms with E-state index in [-0.39, 0.29) is 24.3 Å². The summed E-state index contributed by atoms with van der Waals surface area (Å²) in [6.45, 7) is 1.96. The number of imide groups is 1. The molecule has 0 saturated carbocycles. The molecule has 0 radical (unpaired) electrons. The number of esters is 1. The molecule has 0 spiro atoms. The number of hydrogen-bond donors (Lipinski definition) is 0. The second-order valence-corrected chi connectivity index (χ2v) is 7.52. The number of benzene rings is 2. The number of nitrogens with zero attached hydrogens (tertiary/aromatic N) is 1. The Balaban J connectivity index is 1.76. The zero-order chi connectivity index (χ0) is 21.7. The van der Waals surface area contributed by atoms with Gasteiger partial charge in [-0.3, -0.25) is 14.5 Å². The van der Waals surface area contributed by atoms with Gasteiger partial charge in [-0.25, -0.2) is 4.79 Å². The molecule has 2 aromatic rings. The maximum Gasteiger partial charge on any atom is 0.343 e. The highest BCUT2D eigenvalue weighted by Crippen LogP contribution is 2.35. The Morgan fingerprint density at radius 2 is 1.80 bits per heavy atom. The lowest BCUT2D eigenvalue weighted by Crippen LogP contribution is -2.27. The molecule has 30 heavy (non-hydrogen) atoms. The van der Waals surface area contributed by atoms with Crippen molar-refractivity contribution in [3.63, 3.8) is 0 Å². The normalized spacial score (nSPS) is 14.9. The van der Waals surface area contributed by atoms with E-state index in [2.05, 4.69) is 4.74 Å². The number of ether oxygens (including phenoxy) is 3. The summed E-state index contributed by atoms with van der Waals surface area (Å²) in [5.74, 6) is -0.0852. The van der Waals surface area contributed by atoms with E-state index in [4.69, 9.17) is 9.47 Å². The molecule has 2 aromatic carbocycles. The fourth-order valence-electron chi connectivity index (χ4n) is 2.75. The van der Waals surface area contributed by atoms with E-state index in [1.54, 1.807) is 24.3 Å². The fourth-order valence-corrected chi connectivity index (χ4v) is 3.59. The van der Waals surface area contributed by atoms with E-state index < -0.39 is 5.97 Å². The molecule has 1 heterocycles. The van der Waals surface area contributed by atoms with Crippen LogP contribution < -0.4 is 9.47 Å². The van der Waals surface area contributed by atoms with Crippen molar-refractivity contribution in [3.8, 4) is 11.5 Å². The molecule has 1 fully saturated rings. The molecule has 8 heteroatoms. The third-order valence-electron chi connectivity index (χ3n) is 4.39. The third kappa shape index (κ3) is 5.01. The lowest BCUT2D eigenvalue weighted by molar-refractivity contribution is -0.142. The Labute approximate surface area is 178 Å². The van der Waals surface area contributed by atoms with E-state index >= 15 is 0 Å². The quantitative estimate of drug-likeness (QED) is 0.491. The zero-order valence-corrected chi connectivity index (χ0v) is 17.7. The molecule has 7 nitrogen and oxygen atoms in total. The summed E-state index contributed by atoms with van der Waals surface area (Å²) in [5.41, 5.74) is 2.66. The molecule has 1 aliphatic rings. The Bertz CT molecular complexity index is 999. The van der Waals surface area contributed by atoms with Crippen molar-refractivity contribution in [1.29, 1.82) is 0 Å². The number of methoxy groups -OCH3 is 2. The average Bonchev–Trinajstić information content (AvgIpc) is 3.01. The highest BCUT2D eigenvalue weighted by Gasteiger charge is 2.35. The summed E-state index contributed by atoms with van der Waals surface area (Å²) < 4.78 is 15.2. The predicted octanol–water partition coefficient (Wildman–Crippen LogP) is 3.79. The standard InChI is InChI=1S/C22H21NO6S/c1-14-4-6-15(7-5-14)12-23-21(25)19(30-22(23)26)11-16-8-9-17(18(10-16)27-2)29-13-20(24)28-3/h4-11H,12-13H2,1-3H3. The minimum atomic E-state index is -0.511. The van der Waals surface area contributed by atoms with Crippen molar-refractivity contribution in [2.45, 2.75) is 13.5 Å². The van der Waals surface area contributed by atoms with Crippen molar-refractivity contribution >= 4 is 35.0 Å². The van der Waals surface area contributed by atoms with Crippen molar-refractivity contribution in [3.05, 3.63) is 64.1 Å². The number of thioether (sulfide) groups is 1. The smallest absolute Gasteiger partial charge is 0.343 e. The summed E-state index contributed by atoms with van der Waals surface area (Å²) in [4.78, 5) is 37.9. The number of amides is 2. The highest BCUT2D eigenvalue weighted by atomic mass is 32.2. The van der Waals surface area contributed by atoms with Gasteiger partial charge >= 0.3 is 5.97 Å². The topological polar surface area (TPSA) is 82.1 Å². The summed E-state index contributed by atoms with van der Waals surface area (Å²) in [5, 5.41) is -0.308. The molecule has 3 rings (SSSR count). The van der Waals surface area contributed by atoms with Gasteiger partial charge in [-0.1, -0.05) is 35.9 Å². The van der Waals surface area contributed by atoms with Crippen LogP contribution in [0.5, 0.6) is 11.5 Å². The molecule has 0 bridgehead atoms. The van der Waals surface area contributed by atoms with Crippen LogP contribution in [0, 0.1) is 6.92 Å². The SMILES string of the molecule is COC(=O)COc1ccc(C=C2SC(=O)N(Cc3ccc(C)cc3)C2=O)cc1OC. The molecular weight excluding hydrogens is 406 g/mol. The maximum absolute atomic E-state index is 12.7. The number of hydrogen-bond acceptors (Lipinski definition) is 7. The van der Waals surface area contributed by atoms with Gasteiger partial charge in [0.25, 0.3) is 11.1 Å². The lowest BCUT2D eigenvalue weighted by atomic mass is 10.1. The second-order valence-electron chi connectivity index (χ2n) is 6.53. The van der Waals surface area contributed by atoms with Gasteiger partial charge in [-0.15, -0.1) is 0 Å². The number of carbonyl (C=O) groups excluding carboxylic acids is 3. The summed E-state index contributed by atoms with van der Waals surface area (Å²) in [6.07, 6.45) is 1.63. The van der Waals surface area contributed by atoms with Crippen molar-refractivity contribution in [1.82, 2.24) is 4.90 Å². The molecule has 2 amide bonds. The van der Waals surface area contributed by atoms with Gasteiger partial charge in [0.1, 0.15) is 0 Å². The van der Waals surface area contributed by atoms with E-state index in [9.17, 15) is 14.4 Å². The predicted molar refractivity (Wildman–Crippen MR) is 113 cm³/mol. The molecule has 0 atom stereocenters. The first-order valence-corrected chi connectivity index (χ1v) is 9.91. The average molecular weight is 427 g/mol. The Morgan fingerprint density at radius 1 is 1.07 bits per heavy atom. The van der Waals surface area contributed by atoms with Crippen molar-refractivity contribution < 1.29 is 28.6 Å². The first-order chi connectivity index (χ1) is 14.4.